The second-order valence-electron chi connectivity index (χ2n) is 3.37. The van der Waals surface area contributed by atoms with E-state index in [0.717, 1.165) is 5.52 Å². The van der Waals surface area contributed by atoms with Crippen LogP contribution in [0.1, 0.15) is 11.1 Å². The summed E-state index contributed by atoms with van der Waals surface area (Å²) in [7, 11) is 1.71. The van der Waals surface area contributed by atoms with E-state index in [1.807, 2.05) is 12.3 Å². The van der Waals surface area contributed by atoms with Crippen LogP contribution in [0.15, 0.2) is 30.5 Å². The molecule has 0 aliphatic heterocycles. The van der Waals surface area contributed by atoms with Gasteiger partial charge in [-0.05, 0) is 18.6 Å². The monoisotopic (exact) mass is 187 g/mol. The second-order valence-corrected chi connectivity index (χ2v) is 3.37. The Bertz CT molecular complexity index is 451. The summed E-state index contributed by atoms with van der Waals surface area (Å²) >= 11 is 0. The molecule has 0 amide bonds. The van der Waals surface area contributed by atoms with Crippen LogP contribution >= 0.6 is 0 Å². The highest BCUT2D eigenvalue weighted by atomic mass is 16.5. The van der Waals surface area contributed by atoms with Crippen LogP contribution in [-0.2, 0) is 11.3 Å². The van der Waals surface area contributed by atoms with Gasteiger partial charge in [0.15, 0.2) is 0 Å². The van der Waals surface area contributed by atoms with E-state index in [1.54, 1.807) is 7.11 Å². The van der Waals surface area contributed by atoms with Gasteiger partial charge in [0.2, 0.25) is 0 Å². The minimum atomic E-state index is 0.625. The number of pyridine rings is 1. The van der Waals surface area contributed by atoms with Crippen molar-refractivity contribution in [2.24, 2.45) is 0 Å². The quantitative estimate of drug-likeness (QED) is 0.721. The molecule has 0 radical (unpaired) electrons. The smallest absolute Gasteiger partial charge is 0.0759 e. The molecule has 0 fully saturated rings. The van der Waals surface area contributed by atoms with Crippen molar-refractivity contribution in [3.63, 3.8) is 0 Å². The van der Waals surface area contributed by atoms with Gasteiger partial charge in [0.25, 0.3) is 0 Å². The summed E-state index contributed by atoms with van der Waals surface area (Å²) in [5.74, 6) is 0. The Kier molecular flexibility index (Phi) is 2.46. The predicted octanol–water partition coefficient (Wildman–Crippen LogP) is 2.69. The van der Waals surface area contributed by atoms with Crippen molar-refractivity contribution in [1.82, 2.24) is 4.98 Å². The topological polar surface area (TPSA) is 22.1 Å². The minimum absolute atomic E-state index is 0.625. The maximum absolute atomic E-state index is 5.18. The molecular weight excluding hydrogens is 174 g/mol. The summed E-state index contributed by atoms with van der Waals surface area (Å²) in [5.41, 5.74) is 3.47. The Hall–Kier alpha value is -1.41. The zero-order chi connectivity index (χ0) is 9.97. The molecule has 0 aliphatic carbocycles. The zero-order valence-electron chi connectivity index (χ0n) is 8.45. The minimum Gasteiger partial charge on any atom is -0.380 e. The number of aryl methyl sites for hydroxylation is 1. The lowest BCUT2D eigenvalue weighted by Crippen LogP contribution is -1.94. The molecule has 14 heavy (non-hydrogen) atoms. The third kappa shape index (κ3) is 1.49. The van der Waals surface area contributed by atoms with Gasteiger partial charge in [0.1, 0.15) is 0 Å². The van der Waals surface area contributed by atoms with E-state index in [4.69, 9.17) is 4.74 Å². The number of hydrogen-bond acceptors (Lipinski definition) is 2. The summed E-state index contributed by atoms with van der Waals surface area (Å²) in [6.45, 7) is 2.71. The lowest BCUT2D eigenvalue weighted by molar-refractivity contribution is 0.185. The first-order valence-corrected chi connectivity index (χ1v) is 4.65. The molecule has 0 atom stereocenters. The average Bonchev–Trinajstić information content (AvgIpc) is 2.23. The van der Waals surface area contributed by atoms with Crippen molar-refractivity contribution in [1.29, 1.82) is 0 Å². The molecule has 0 aliphatic rings. The third-order valence-corrected chi connectivity index (χ3v) is 2.40. The van der Waals surface area contributed by atoms with Gasteiger partial charge in [-0.15, -0.1) is 0 Å². The molecule has 0 saturated heterocycles. The molecule has 2 heteroatoms. The molecule has 2 nitrogen and oxygen atoms in total. The van der Waals surface area contributed by atoms with Crippen molar-refractivity contribution in [2.75, 3.05) is 7.11 Å². The molecule has 2 aromatic rings. The van der Waals surface area contributed by atoms with E-state index in [0.29, 0.717) is 6.61 Å². The van der Waals surface area contributed by atoms with E-state index in [9.17, 15) is 0 Å². The Balaban J connectivity index is 2.69. The summed E-state index contributed by atoms with van der Waals surface area (Å²) in [6.07, 6.45) is 1.82. The number of benzene rings is 1. The van der Waals surface area contributed by atoms with Crippen molar-refractivity contribution >= 4 is 10.9 Å². The number of nitrogens with zero attached hydrogens (tertiary/aromatic N) is 1. The Morgan fingerprint density at radius 1 is 1.29 bits per heavy atom. The molecule has 0 N–H and O–H groups in total. The molecule has 72 valence electrons. The lowest BCUT2D eigenvalue weighted by Gasteiger charge is -2.07. The fourth-order valence-electron chi connectivity index (χ4n) is 1.63. The second kappa shape index (κ2) is 3.76. The maximum Gasteiger partial charge on any atom is 0.0759 e. The fourth-order valence-corrected chi connectivity index (χ4v) is 1.63. The number of fused-ring (bicyclic) bond motifs is 1. The first-order valence-electron chi connectivity index (χ1n) is 4.65. The normalized spacial score (nSPS) is 10.7. The summed E-state index contributed by atoms with van der Waals surface area (Å²) in [6, 6.07) is 8.23. The molecule has 0 spiro atoms. The first-order chi connectivity index (χ1) is 6.83. The number of aromatic nitrogens is 1. The molecule has 1 heterocycles. The lowest BCUT2D eigenvalue weighted by atomic mass is 10.0. The van der Waals surface area contributed by atoms with Crippen LogP contribution in [-0.4, -0.2) is 12.1 Å². The van der Waals surface area contributed by atoms with E-state index in [2.05, 4.69) is 30.1 Å². The van der Waals surface area contributed by atoms with Crippen LogP contribution < -0.4 is 0 Å². The van der Waals surface area contributed by atoms with Crippen LogP contribution in [0.5, 0.6) is 0 Å². The third-order valence-electron chi connectivity index (χ3n) is 2.40. The Labute approximate surface area is 83.5 Å². The van der Waals surface area contributed by atoms with Gasteiger partial charge in [-0.2, -0.15) is 0 Å². The van der Waals surface area contributed by atoms with Crippen LogP contribution in [0.4, 0.5) is 0 Å². The van der Waals surface area contributed by atoms with E-state index in [1.165, 1.54) is 16.5 Å². The van der Waals surface area contributed by atoms with E-state index in [-0.39, 0.29) is 0 Å². The Morgan fingerprint density at radius 2 is 2.14 bits per heavy atom. The SMILES string of the molecule is COCc1c(C)ccc2cccnc12. The van der Waals surface area contributed by atoms with Gasteiger partial charge in [0, 0.05) is 24.3 Å². The molecule has 1 aromatic heterocycles. The van der Waals surface area contributed by atoms with Crippen molar-refractivity contribution < 1.29 is 4.74 Å². The largest absolute Gasteiger partial charge is 0.380 e. The van der Waals surface area contributed by atoms with Gasteiger partial charge in [0.05, 0.1) is 12.1 Å². The van der Waals surface area contributed by atoms with Gasteiger partial charge >= 0.3 is 0 Å². The molecular formula is C12H13NO. The van der Waals surface area contributed by atoms with Crippen molar-refractivity contribution in [3.8, 4) is 0 Å². The molecule has 0 unspecified atom stereocenters. The van der Waals surface area contributed by atoms with Gasteiger partial charge in [-0.3, -0.25) is 4.98 Å². The molecule has 0 bridgehead atoms. The average molecular weight is 187 g/mol. The highest BCUT2D eigenvalue weighted by molar-refractivity contribution is 5.82. The number of hydrogen-bond donors (Lipinski definition) is 0. The summed E-state index contributed by atoms with van der Waals surface area (Å²) in [5, 5.41) is 1.17. The number of ether oxygens (including phenoxy) is 1. The van der Waals surface area contributed by atoms with Crippen LogP contribution in [0.3, 0.4) is 0 Å². The first kappa shape index (κ1) is 9.16. The molecule has 1 aromatic carbocycles. The van der Waals surface area contributed by atoms with Gasteiger partial charge in [-0.1, -0.05) is 18.2 Å². The fraction of sp³-hybridized carbons (Fsp3) is 0.250. The van der Waals surface area contributed by atoms with Crippen LogP contribution in [0.2, 0.25) is 0 Å². The number of rotatable bonds is 2. The standard InChI is InChI=1S/C12H13NO/c1-9-5-6-10-4-3-7-13-12(10)11(9)8-14-2/h3-7H,8H2,1-2H3. The van der Waals surface area contributed by atoms with Crippen LogP contribution in [0.25, 0.3) is 10.9 Å². The summed E-state index contributed by atoms with van der Waals surface area (Å²) < 4.78 is 5.18. The molecule has 2 rings (SSSR count). The van der Waals surface area contributed by atoms with Crippen molar-refractivity contribution in [3.05, 3.63) is 41.6 Å². The zero-order valence-corrected chi connectivity index (χ0v) is 8.45. The highest BCUT2D eigenvalue weighted by Crippen LogP contribution is 2.20. The Morgan fingerprint density at radius 3 is 2.93 bits per heavy atom. The highest BCUT2D eigenvalue weighted by Gasteiger charge is 2.04. The predicted molar refractivity (Wildman–Crippen MR) is 57.2 cm³/mol. The van der Waals surface area contributed by atoms with Crippen molar-refractivity contribution in [2.45, 2.75) is 13.5 Å². The maximum atomic E-state index is 5.18. The van der Waals surface area contributed by atoms with Crippen LogP contribution in [0, 0.1) is 6.92 Å². The number of methoxy groups -OCH3 is 1. The summed E-state index contributed by atoms with van der Waals surface area (Å²) in [4.78, 5) is 4.38. The van der Waals surface area contributed by atoms with E-state index < -0.39 is 0 Å². The molecule has 0 saturated carbocycles. The van der Waals surface area contributed by atoms with Gasteiger partial charge in [-0.25, -0.2) is 0 Å². The van der Waals surface area contributed by atoms with E-state index >= 15 is 0 Å². The van der Waals surface area contributed by atoms with Gasteiger partial charge < -0.3 is 4.74 Å².